The standard InChI is InChI=1S/C20H26ClN5OS/c1-28-23-18-6-10-26(22-18)19(27)25-12-8-20(9-13-25)7-11-24(15-20)14-16-2-4-17(21)5-3-16/h2-6,10H,7-9,11-15H2,1H3,(H,22,23). The van der Waals surface area contributed by atoms with Crippen molar-refractivity contribution in [3.05, 3.63) is 47.1 Å². The number of nitrogens with zero attached hydrogens (tertiary/aromatic N) is 4. The van der Waals surface area contributed by atoms with Gasteiger partial charge in [-0.05, 0) is 48.9 Å². The molecule has 2 aliphatic rings. The van der Waals surface area contributed by atoms with Gasteiger partial charge in [0, 0.05) is 49.7 Å². The minimum absolute atomic E-state index is 0.0278. The molecule has 0 unspecified atom stereocenters. The lowest BCUT2D eigenvalue weighted by Crippen LogP contribution is -2.45. The molecule has 2 aliphatic heterocycles. The lowest BCUT2D eigenvalue weighted by Gasteiger charge is -2.39. The Labute approximate surface area is 175 Å². The molecule has 1 aromatic heterocycles. The van der Waals surface area contributed by atoms with E-state index >= 15 is 0 Å². The molecule has 0 atom stereocenters. The monoisotopic (exact) mass is 419 g/mol. The van der Waals surface area contributed by atoms with E-state index in [0.29, 0.717) is 11.2 Å². The van der Waals surface area contributed by atoms with Crippen LogP contribution in [-0.2, 0) is 6.54 Å². The molecule has 8 heteroatoms. The first kappa shape index (κ1) is 19.6. The minimum atomic E-state index is -0.0278. The maximum atomic E-state index is 12.7. The Balaban J connectivity index is 1.31. The van der Waals surface area contributed by atoms with Crippen LogP contribution in [0.1, 0.15) is 24.8 Å². The molecule has 0 radical (unpaired) electrons. The topological polar surface area (TPSA) is 53.4 Å². The Morgan fingerprint density at radius 1 is 1.18 bits per heavy atom. The normalized spacial score (nSPS) is 19.3. The van der Waals surface area contributed by atoms with Crippen LogP contribution in [0.2, 0.25) is 5.02 Å². The van der Waals surface area contributed by atoms with E-state index < -0.39 is 0 Å². The van der Waals surface area contributed by atoms with Gasteiger partial charge in [-0.1, -0.05) is 35.7 Å². The number of hydrogen-bond acceptors (Lipinski definition) is 5. The summed E-state index contributed by atoms with van der Waals surface area (Å²) in [7, 11) is 0. The Hall–Kier alpha value is -1.70. The van der Waals surface area contributed by atoms with Crippen molar-refractivity contribution in [2.75, 3.05) is 37.2 Å². The number of amides is 1. The van der Waals surface area contributed by atoms with Crippen molar-refractivity contribution in [2.45, 2.75) is 25.8 Å². The predicted octanol–water partition coefficient (Wildman–Crippen LogP) is 4.18. The molecule has 28 heavy (non-hydrogen) atoms. The summed E-state index contributed by atoms with van der Waals surface area (Å²) in [6.45, 7) is 4.82. The molecule has 4 rings (SSSR count). The van der Waals surface area contributed by atoms with Gasteiger partial charge in [-0.25, -0.2) is 4.79 Å². The molecular formula is C20H26ClN5OS. The maximum absolute atomic E-state index is 12.7. The van der Waals surface area contributed by atoms with Crippen LogP contribution >= 0.6 is 23.5 Å². The van der Waals surface area contributed by atoms with Gasteiger partial charge in [0.15, 0.2) is 5.82 Å². The Kier molecular flexibility index (Phi) is 5.85. The SMILES string of the molecule is CSNc1ccn(C(=O)N2CCC3(CCN(Cc4ccc(Cl)cc4)C3)CC2)n1. The number of aromatic nitrogens is 2. The molecule has 6 nitrogen and oxygen atoms in total. The fourth-order valence-electron chi connectivity index (χ4n) is 4.33. The summed E-state index contributed by atoms with van der Waals surface area (Å²) in [5, 5.41) is 5.09. The molecule has 0 aliphatic carbocycles. The number of anilines is 1. The van der Waals surface area contributed by atoms with E-state index in [-0.39, 0.29) is 6.03 Å². The third-order valence-corrected chi connectivity index (χ3v) is 6.59. The van der Waals surface area contributed by atoms with E-state index in [1.807, 2.05) is 29.4 Å². The van der Waals surface area contributed by atoms with Crippen molar-refractivity contribution < 1.29 is 4.79 Å². The summed E-state index contributed by atoms with van der Waals surface area (Å²) in [4.78, 5) is 17.2. The van der Waals surface area contributed by atoms with Crippen LogP contribution in [-0.4, -0.2) is 58.0 Å². The molecule has 1 amide bonds. The molecule has 0 saturated carbocycles. The van der Waals surface area contributed by atoms with Crippen LogP contribution in [0, 0.1) is 5.41 Å². The zero-order valence-electron chi connectivity index (χ0n) is 16.1. The summed E-state index contributed by atoms with van der Waals surface area (Å²) in [5.74, 6) is 0.711. The summed E-state index contributed by atoms with van der Waals surface area (Å²) >= 11 is 7.46. The van der Waals surface area contributed by atoms with Crippen molar-refractivity contribution in [2.24, 2.45) is 5.41 Å². The lowest BCUT2D eigenvalue weighted by molar-refractivity contribution is 0.118. The van der Waals surface area contributed by atoms with Crippen LogP contribution in [0.25, 0.3) is 0 Å². The summed E-state index contributed by atoms with van der Waals surface area (Å²) < 4.78 is 4.50. The number of likely N-dealkylation sites (tertiary alicyclic amines) is 2. The number of nitrogens with one attached hydrogen (secondary N) is 1. The van der Waals surface area contributed by atoms with Gasteiger partial charge < -0.3 is 9.62 Å². The van der Waals surface area contributed by atoms with E-state index in [4.69, 9.17) is 11.6 Å². The van der Waals surface area contributed by atoms with E-state index in [1.165, 1.54) is 28.6 Å². The van der Waals surface area contributed by atoms with Gasteiger partial charge in [-0.2, -0.15) is 4.68 Å². The van der Waals surface area contributed by atoms with Gasteiger partial charge >= 0.3 is 6.03 Å². The maximum Gasteiger partial charge on any atom is 0.344 e. The lowest BCUT2D eigenvalue weighted by atomic mass is 9.78. The van der Waals surface area contributed by atoms with Crippen molar-refractivity contribution in [3.8, 4) is 0 Å². The number of benzene rings is 1. The van der Waals surface area contributed by atoms with Crippen LogP contribution in [0.3, 0.4) is 0 Å². The second kappa shape index (κ2) is 8.35. The Bertz CT molecular complexity index is 816. The molecular weight excluding hydrogens is 394 g/mol. The van der Waals surface area contributed by atoms with Crippen LogP contribution in [0.15, 0.2) is 36.5 Å². The molecule has 150 valence electrons. The van der Waals surface area contributed by atoms with Crippen molar-refractivity contribution in [3.63, 3.8) is 0 Å². The van der Waals surface area contributed by atoms with Gasteiger partial charge in [0.2, 0.25) is 0 Å². The third-order valence-electron chi connectivity index (χ3n) is 5.92. The van der Waals surface area contributed by atoms with Gasteiger partial charge in [0.25, 0.3) is 0 Å². The average molecular weight is 420 g/mol. The fourth-order valence-corrected chi connectivity index (χ4v) is 4.77. The highest BCUT2D eigenvalue weighted by molar-refractivity contribution is 7.99. The van der Waals surface area contributed by atoms with Crippen LogP contribution < -0.4 is 4.72 Å². The summed E-state index contributed by atoms with van der Waals surface area (Å²) in [6, 6.07) is 9.94. The summed E-state index contributed by atoms with van der Waals surface area (Å²) in [5.41, 5.74) is 1.65. The molecule has 0 bridgehead atoms. The first-order valence-corrected chi connectivity index (χ1v) is 11.3. The molecule has 1 spiro atoms. The minimum Gasteiger partial charge on any atom is -0.323 e. The van der Waals surface area contributed by atoms with Crippen LogP contribution in [0.5, 0.6) is 0 Å². The molecule has 2 aromatic rings. The van der Waals surface area contributed by atoms with Gasteiger partial charge in [-0.15, -0.1) is 5.10 Å². The second-order valence-electron chi connectivity index (χ2n) is 7.81. The Morgan fingerprint density at radius 2 is 1.89 bits per heavy atom. The zero-order chi connectivity index (χ0) is 19.6. The summed E-state index contributed by atoms with van der Waals surface area (Å²) in [6.07, 6.45) is 7.00. The van der Waals surface area contributed by atoms with Gasteiger partial charge in [0.05, 0.1) is 0 Å². The first-order chi connectivity index (χ1) is 13.6. The van der Waals surface area contributed by atoms with Crippen molar-refractivity contribution in [1.29, 1.82) is 0 Å². The van der Waals surface area contributed by atoms with E-state index in [9.17, 15) is 4.79 Å². The molecule has 1 aromatic carbocycles. The molecule has 2 fully saturated rings. The zero-order valence-corrected chi connectivity index (χ0v) is 17.7. The number of halogens is 1. The highest BCUT2D eigenvalue weighted by Crippen LogP contribution is 2.41. The highest BCUT2D eigenvalue weighted by atomic mass is 35.5. The number of carbonyl (C=O) groups excluding carboxylic acids is 1. The third kappa shape index (κ3) is 4.31. The number of carbonyl (C=O) groups is 1. The van der Waals surface area contributed by atoms with Crippen molar-refractivity contribution in [1.82, 2.24) is 19.6 Å². The van der Waals surface area contributed by atoms with E-state index in [2.05, 4.69) is 26.9 Å². The van der Waals surface area contributed by atoms with Gasteiger partial charge in [-0.3, -0.25) is 4.90 Å². The molecule has 3 heterocycles. The van der Waals surface area contributed by atoms with Crippen molar-refractivity contribution >= 4 is 35.4 Å². The number of hydrogen-bond donors (Lipinski definition) is 1. The molecule has 2 saturated heterocycles. The predicted molar refractivity (Wildman–Crippen MR) is 115 cm³/mol. The molecule has 1 N–H and O–H groups in total. The smallest absolute Gasteiger partial charge is 0.323 e. The van der Waals surface area contributed by atoms with E-state index in [0.717, 1.165) is 50.6 Å². The largest absolute Gasteiger partial charge is 0.344 e. The quantitative estimate of drug-likeness (QED) is 0.753. The second-order valence-corrected chi connectivity index (χ2v) is 8.86. The first-order valence-electron chi connectivity index (χ1n) is 9.68. The van der Waals surface area contributed by atoms with E-state index in [1.54, 1.807) is 6.20 Å². The Morgan fingerprint density at radius 3 is 2.61 bits per heavy atom. The number of piperidine rings is 1. The van der Waals surface area contributed by atoms with Crippen LogP contribution in [0.4, 0.5) is 10.6 Å². The number of rotatable bonds is 4. The fraction of sp³-hybridized carbons (Fsp3) is 0.500. The highest BCUT2D eigenvalue weighted by Gasteiger charge is 2.41. The average Bonchev–Trinajstić information content (AvgIpc) is 3.32. The van der Waals surface area contributed by atoms with Gasteiger partial charge in [0.1, 0.15) is 0 Å².